The zero-order chi connectivity index (χ0) is 12.3. The molecule has 0 N–H and O–H groups in total. The van der Waals surface area contributed by atoms with Gasteiger partial charge in [-0.05, 0) is 25.0 Å². The first-order valence-corrected chi connectivity index (χ1v) is 5.88. The molecule has 2 heterocycles. The summed E-state index contributed by atoms with van der Waals surface area (Å²) in [6, 6.07) is 3.64. The third kappa shape index (κ3) is 2.70. The van der Waals surface area contributed by atoms with Crippen molar-refractivity contribution in [3.05, 3.63) is 24.0 Å². The van der Waals surface area contributed by atoms with E-state index in [1.54, 1.807) is 12.3 Å². The van der Waals surface area contributed by atoms with E-state index in [0.29, 0.717) is 5.69 Å². The number of rotatable bonds is 3. The van der Waals surface area contributed by atoms with E-state index < -0.39 is 0 Å². The van der Waals surface area contributed by atoms with Gasteiger partial charge in [0.1, 0.15) is 12.0 Å². The van der Waals surface area contributed by atoms with Crippen LogP contribution in [-0.4, -0.2) is 30.1 Å². The highest BCUT2D eigenvalue weighted by molar-refractivity contribution is 5.92. The maximum atomic E-state index is 11.1. The van der Waals surface area contributed by atoms with Crippen molar-refractivity contribution in [2.45, 2.75) is 19.8 Å². The molecule has 1 aliphatic heterocycles. The zero-order valence-electron chi connectivity index (χ0n) is 9.93. The van der Waals surface area contributed by atoms with Crippen LogP contribution in [0.5, 0.6) is 0 Å². The molecule has 0 radical (unpaired) electrons. The lowest BCUT2D eigenvalue weighted by Gasteiger charge is -2.31. The minimum absolute atomic E-state index is 0.0269. The molecule has 1 unspecified atom stereocenters. The third-order valence-corrected chi connectivity index (χ3v) is 3.12. The number of pyridine rings is 1. The van der Waals surface area contributed by atoms with E-state index in [2.05, 4.69) is 9.88 Å². The van der Waals surface area contributed by atoms with Crippen molar-refractivity contribution < 1.29 is 9.59 Å². The summed E-state index contributed by atoms with van der Waals surface area (Å²) >= 11 is 0. The maximum absolute atomic E-state index is 11.1. The minimum Gasteiger partial charge on any atom is -0.370 e. The molecule has 0 saturated carbocycles. The second kappa shape index (κ2) is 5.08. The van der Waals surface area contributed by atoms with Crippen LogP contribution in [-0.2, 0) is 4.79 Å². The summed E-state index contributed by atoms with van der Waals surface area (Å²) in [7, 11) is 0. The van der Waals surface area contributed by atoms with Crippen LogP contribution in [0, 0.1) is 5.92 Å². The molecule has 1 aromatic heterocycles. The first-order valence-electron chi connectivity index (χ1n) is 5.88. The summed E-state index contributed by atoms with van der Waals surface area (Å²) in [5.74, 6) is 0.0946. The third-order valence-electron chi connectivity index (χ3n) is 3.12. The van der Waals surface area contributed by atoms with Gasteiger partial charge >= 0.3 is 0 Å². The van der Waals surface area contributed by atoms with Crippen molar-refractivity contribution >= 4 is 17.8 Å². The van der Waals surface area contributed by atoms with Crippen LogP contribution in [0.25, 0.3) is 0 Å². The van der Waals surface area contributed by atoms with Crippen LogP contribution in [0.3, 0.4) is 0 Å². The molecule has 0 bridgehead atoms. The van der Waals surface area contributed by atoms with E-state index >= 15 is 0 Å². The number of aldehydes is 1. The molecule has 1 aliphatic rings. The Morgan fingerprint density at radius 2 is 2.35 bits per heavy atom. The number of anilines is 1. The standard InChI is InChI=1S/C13H16N2O2/c1-10(17)13-5-4-12(7-14-13)15-6-2-3-11(8-15)9-16/h4-5,7,9,11H,2-3,6,8H2,1H3. The number of nitrogens with zero attached hydrogens (tertiary/aromatic N) is 2. The lowest BCUT2D eigenvalue weighted by atomic mass is 9.99. The fraction of sp³-hybridized carbons (Fsp3) is 0.462. The molecule has 4 nitrogen and oxygen atoms in total. The van der Waals surface area contributed by atoms with Gasteiger partial charge in [-0.1, -0.05) is 0 Å². The van der Waals surface area contributed by atoms with Gasteiger partial charge in [-0.15, -0.1) is 0 Å². The SMILES string of the molecule is CC(=O)c1ccc(N2CCCC(C=O)C2)cn1. The normalized spacial score (nSPS) is 20.1. The summed E-state index contributed by atoms with van der Waals surface area (Å²) < 4.78 is 0. The Morgan fingerprint density at radius 3 is 2.94 bits per heavy atom. The number of aromatic nitrogens is 1. The van der Waals surface area contributed by atoms with Gasteiger partial charge < -0.3 is 9.69 Å². The number of Topliss-reactive ketones (excluding diaryl/α,β-unsaturated/α-hetero) is 1. The number of piperidine rings is 1. The van der Waals surface area contributed by atoms with E-state index in [1.165, 1.54) is 6.92 Å². The highest BCUT2D eigenvalue weighted by Gasteiger charge is 2.19. The Kier molecular flexibility index (Phi) is 3.52. The molecule has 1 aromatic rings. The number of carbonyl (C=O) groups is 2. The lowest BCUT2D eigenvalue weighted by Crippen LogP contribution is -2.36. The smallest absolute Gasteiger partial charge is 0.178 e. The summed E-state index contributed by atoms with van der Waals surface area (Å²) in [4.78, 5) is 28.2. The summed E-state index contributed by atoms with van der Waals surface area (Å²) in [5.41, 5.74) is 1.47. The second-order valence-corrected chi connectivity index (χ2v) is 4.44. The number of hydrogen-bond acceptors (Lipinski definition) is 4. The average Bonchev–Trinajstić information content (AvgIpc) is 2.39. The molecule has 4 heteroatoms. The Hall–Kier alpha value is -1.71. The average molecular weight is 232 g/mol. The van der Waals surface area contributed by atoms with Gasteiger partial charge in [-0.2, -0.15) is 0 Å². The van der Waals surface area contributed by atoms with Gasteiger partial charge in [0.2, 0.25) is 0 Å². The summed E-state index contributed by atoms with van der Waals surface area (Å²) in [6.45, 7) is 3.21. The van der Waals surface area contributed by atoms with Crippen molar-refractivity contribution in [3.63, 3.8) is 0 Å². The van der Waals surface area contributed by atoms with Gasteiger partial charge in [0.05, 0.1) is 11.9 Å². The van der Waals surface area contributed by atoms with E-state index in [4.69, 9.17) is 0 Å². The Bertz CT molecular complexity index is 414. The number of carbonyl (C=O) groups excluding carboxylic acids is 2. The molecular weight excluding hydrogens is 216 g/mol. The summed E-state index contributed by atoms with van der Waals surface area (Å²) in [5, 5.41) is 0. The molecule has 0 aromatic carbocycles. The van der Waals surface area contributed by atoms with E-state index in [-0.39, 0.29) is 11.7 Å². The molecule has 1 fully saturated rings. The molecule has 0 aliphatic carbocycles. The van der Waals surface area contributed by atoms with Gasteiger partial charge in [0.15, 0.2) is 5.78 Å². The zero-order valence-corrected chi connectivity index (χ0v) is 9.93. The molecule has 1 saturated heterocycles. The lowest BCUT2D eigenvalue weighted by molar-refractivity contribution is -0.111. The van der Waals surface area contributed by atoms with E-state index in [9.17, 15) is 9.59 Å². The first kappa shape index (κ1) is 11.8. The first-order chi connectivity index (χ1) is 8.20. The van der Waals surface area contributed by atoms with Gasteiger partial charge in [0.25, 0.3) is 0 Å². The van der Waals surface area contributed by atoms with Crippen LogP contribution < -0.4 is 4.90 Å². The molecule has 0 spiro atoms. The molecule has 0 amide bonds. The molecule has 90 valence electrons. The maximum Gasteiger partial charge on any atom is 0.178 e. The van der Waals surface area contributed by atoms with E-state index in [1.807, 2.05) is 6.07 Å². The van der Waals surface area contributed by atoms with Crippen molar-refractivity contribution in [1.82, 2.24) is 4.98 Å². The molecular formula is C13H16N2O2. The molecule has 2 rings (SSSR count). The van der Waals surface area contributed by atoms with Crippen LogP contribution in [0.15, 0.2) is 18.3 Å². The Morgan fingerprint density at radius 1 is 1.53 bits per heavy atom. The highest BCUT2D eigenvalue weighted by Crippen LogP contribution is 2.21. The van der Waals surface area contributed by atoms with Crippen LogP contribution >= 0.6 is 0 Å². The largest absolute Gasteiger partial charge is 0.370 e. The van der Waals surface area contributed by atoms with Crippen molar-refractivity contribution in [3.8, 4) is 0 Å². The predicted molar refractivity (Wildman–Crippen MR) is 65.2 cm³/mol. The summed E-state index contributed by atoms with van der Waals surface area (Å²) in [6.07, 6.45) is 4.74. The van der Waals surface area contributed by atoms with Crippen LogP contribution in [0.1, 0.15) is 30.3 Å². The van der Waals surface area contributed by atoms with Crippen LogP contribution in [0.2, 0.25) is 0 Å². The van der Waals surface area contributed by atoms with Gasteiger partial charge in [0, 0.05) is 25.9 Å². The highest BCUT2D eigenvalue weighted by atomic mass is 16.1. The van der Waals surface area contributed by atoms with Gasteiger partial charge in [-0.25, -0.2) is 0 Å². The predicted octanol–water partition coefficient (Wildman–Crippen LogP) is 1.70. The second-order valence-electron chi connectivity index (χ2n) is 4.44. The Labute approximate surface area is 101 Å². The number of hydrogen-bond donors (Lipinski definition) is 0. The molecule has 17 heavy (non-hydrogen) atoms. The topological polar surface area (TPSA) is 50.3 Å². The van der Waals surface area contributed by atoms with Crippen molar-refractivity contribution in [2.24, 2.45) is 5.92 Å². The monoisotopic (exact) mass is 232 g/mol. The van der Waals surface area contributed by atoms with Crippen molar-refractivity contribution in [1.29, 1.82) is 0 Å². The van der Waals surface area contributed by atoms with E-state index in [0.717, 1.165) is 37.9 Å². The minimum atomic E-state index is -0.0269. The fourth-order valence-electron chi connectivity index (χ4n) is 2.14. The molecule has 1 atom stereocenters. The van der Waals surface area contributed by atoms with Gasteiger partial charge in [-0.3, -0.25) is 9.78 Å². The Balaban J connectivity index is 2.11. The number of ketones is 1. The fourth-order valence-corrected chi connectivity index (χ4v) is 2.14. The quantitative estimate of drug-likeness (QED) is 0.588. The van der Waals surface area contributed by atoms with Crippen molar-refractivity contribution in [2.75, 3.05) is 18.0 Å². The van der Waals surface area contributed by atoms with Crippen LogP contribution in [0.4, 0.5) is 5.69 Å².